The van der Waals surface area contributed by atoms with Gasteiger partial charge >= 0.3 is 0 Å². The molecule has 1 aromatic rings. The first kappa shape index (κ1) is 18.9. The molecule has 3 rings (SSSR count). The summed E-state index contributed by atoms with van der Waals surface area (Å²) in [4.78, 5) is 27.1. The van der Waals surface area contributed by atoms with Gasteiger partial charge in [-0.2, -0.15) is 0 Å². The fourth-order valence-corrected chi connectivity index (χ4v) is 4.20. The number of carbonyl (C=O) groups excluding carboxylic acids is 2. The van der Waals surface area contributed by atoms with E-state index in [1.165, 1.54) is 19.3 Å². The van der Waals surface area contributed by atoms with E-state index in [0.717, 1.165) is 44.9 Å². The molecule has 2 saturated carbocycles. The van der Waals surface area contributed by atoms with Gasteiger partial charge in [0, 0.05) is 24.3 Å². The Morgan fingerprint density at radius 3 is 2.19 bits per heavy atom. The van der Waals surface area contributed by atoms with Gasteiger partial charge in [-0.3, -0.25) is 9.59 Å². The molecule has 5 nitrogen and oxygen atoms in total. The molecule has 0 aliphatic heterocycles. The van der Waals surface area contributed by atoms with Crippen LogP contribution in [-0.4, -0.2) is 35.3 Å². The van der Waals surface area contributed by atoms with Crippen LogP contribution >= 0.6 is 0 Å². The summed E-state index contributed by atoms with van der Waals surface area (Å²) < 4.78 is 0. The molecule has 2 amide bonds. The maximum Gasteiger partial charge on any atom is 0.253 e. The maximum absolute atomic E-state index is 12.7. The lowest BCUT2D eigenvalue weighted by Gasteiger charge is -2.32. The first-order valence-corrected chi connectivity index (χ1v) is 9.97. The molecule has 142 valence electrons. The number of amides is 2. The maximum atomic E-state index is 12.7. The number of nitrogens with zero attached hydrogens (tertiary/aromatic N) is 1. The van der Waals surface area contributed by atoms with Crippen LogP contribution in [0.25, 0.3) is 0 Å². The molecule has 0 bridgehead atoms. The van der Waals surface area contributed by atoms with Crippen molar-refractivity contribution >= 4 is 17.5 Å². The van der Waals surface area contributed by atoms with Crippen LogP contribution in [0.15, 0.2) is 24.3 Å². The molecule has 0 saturated heterocycles. The molecule has 1 aromatic carbocycles. The highest BCUT2D eigenvalue weighted by Crippen LogP contribution is 2.27. The normalized spacial score (nSPS) is 20.4. The molecule has 3 N–H and O–H groups in total. The SMILES string of the molecule is CN(C(=O)c1ccc(NC(=O)C2(N)CCCCC2)cc1)C1CCCCC1. The van der Waals surface area contributed by atoms with E-state index in [1.807, 2.05) is 11.9 Å². The predicted molar refractivity (Wildman–Crippen MR) is 104 cm³/mol. The summed E-state index contributed by atoms with van der Waals surface area (Å²) in [6.07, 6.45) is 10.5. The van der Waals surface area contributed by atoms with Gasteiger partial charge in [0.15, 0.2) is 0 Å². The fraction of sp³-hybridized carbons (Fsp3) is 0.619. The van der Waals surface area contributed by atoms with Crippen LogP contribution in [0.2, 0.25) is 0 Å². The van der Waals surface area contributed by atoms with E-state index in [-0.39, 0.29) is 11.8 Å². The number of carbonyl (C=O) groups is 2. The Balaban J connectivity index is 1.60. The lowest BCUT2D eigenvalue weighted by Crippen LogP contribution is -2.52. The van der Waals surface area contributed by atoms with Crippen molar-refractivity contribution in [3.8, 4) is 0 Å². The van der Waals surface area contributed by atoms with Gasteiger partial charge in [0.1, 0.15) is 0 Å². The minimum absolute atomic E-state index is 0.0531. The molecule has 0 spiro atoms. The predicted octanol–water partition coefficient (Wildman–Crippen LogP) is 3.69. The molecule has 26 heavy (non-hydrogen) atoms. The summed E-state index contributed by atoms with van der Waals surface area (Å²) in [5.74, 6) is -0.0621. The van der Waals surface area contributed by atoms with Gasteiger partial charge in [-0.05, 0) is 49.9 Å². The molecule has 0 atom stereocenters. The summed E-state index contributed by atoms with van der Waals surface area (Å²) in [5.41, 5.74) is 6.88. The van der Waals surface area contributed by atoms with Crippen molar-refractivity contribution in [1.82, 2.24) is 4.90 Å². The Kier molecular flexibility index (Phi) is 5.97. The average Bonchev–Trinajstić information content (AvgIpc) is 2.68. The van der Waals surface area contributed by atoms with Gasteiger partial charge in [-0.15, -0.1) is 0 Å². The van der Waals surface area contributed by atoms with Crippen molar-refractivity contribution in [2.45, 2.75) is 75.8 Å². The van der Waals surface area contributed by atoms with E-state index in [2.05, 4.69) is 5.32 Å². The Labute approximate surface area is 156 Å². The van der Waals surface area contributed by atoms with Crippen molar-refractivity contribution in [3.05, 3.63) is 29.8 Å². The average molecular weight is 357 g/mol. The van der Waals surface area contributed by atoms with Crippen LogP contribution in [0.5, 0.6) is 0 Å². The van der Waals surface area contributed by atoms with Gasteiger partial charge in [0.25, 0.3) is 5.91 Å². The highest BCUT2D eigenvalue weighted by molar-refractivity contribution is 5.99. The Hall–Kier alpha value is -1.88. The number of anilines is 1. The summed E-state index contributed by atoms with van der Waals surface area (Å²) >= 11 is 0. The van der Waals surface area contributed by atoms with Crippen LogP contribution in [0, 0.1) is 0 Å². The summed E-state index contributed by atoms with van der Waals surface area (Å²) in [5, 5.41) is 2.92. The second-order valence-corrected chi connectivity index (χ2v) is 7.96. The zero-order chi connectivity index (χ0) is 18.6. The smallest absolute Gasteiger partial charge is 0.253 e. The van der Waals surface area contributed by atoms with Crippen LogP contribution < -0.4 is 11.1 Å². The van der Waals surface area contributed by atoms with Crippen LogP contribution in [0.3, 0.4) is 0 Å². The molecule has 2 aliphatic carbocycles. The van der Waals surface area contributed by atoms with Crippen LogP contribution in [0.1, 0.15) is 74.6 Å². The highest BCUT2D eigenvalue weighted by Gasteiger charge is 2.35. The van der Waals surface area contributed by atoms with Gasteiger partial charge in [0.05, 0.1) is 5.54 Å². The number of nitrogens with two attached hydrogens (primary N) is 1. The topological polar surface area (TPSA) is 75.4 Å². The highest BCUT2D eigenvalue weighted by atomic mass is 16.2. The minimum atomic E-state index is -0.756. The van der Waals surface area contributed by atoms with E-state index >= 15 is 0 Å². The van der Waals surface area contributed by atoms with Crippen LogP contribution in [0.4, 0.5) is 5.69 Å². The van der Waals surface area contributed by atoms with Crippen molar-refractivity contribution in [2.75, 3.05) is 12.4 Å². The van der Waals surface area contributed by atoms with Crippen molar-refractivity contribution in [1.29, 1.82) is 0 Å². The molecule has 5 heteroatoms. The number of nitrogens with one attached hydrogen (secondary N) is 1. The lowest BCUT2D eigenvalue weighted by molar-refractivity contribution is -0.122. The first-order valence-electron chi connectivity index (χ1n) is 9.97. The van der Waals surface area contributed by atoms with Gasteiger partial charge in [-0.1, -0.05) is 38.5 Å². The standard InChI is InChI=1S/C21H31N3O2/c1-24(18-8-4-2-5-9-18)19(25)16-10-12-17(13-11-16)23-20(26)21(22)14-6-3-7-15-21/h10-13,18H,2-9,14-15,22H2,1H3,(H,23,26). The van der Waals surface area contributed by atoms with Crippen molar-refractivity contribution in [2.24, 2.45) is 5.73 Å². The lowest BCUT2D eigenvalue weighted by atomic mass is 9.82. The quantitative estimate of drug-likeness (QED) is 0.863. The second kappa shape index (κ2) is 8.21. The van der Waals surface area contributed by atoms with Crippen molar-refractivity contribution < 1.29 is 9.59 Å². The summed E-state index contributed by atoms with van der Waals surface area (Å²) in [6.45, 7) is 0. The Bertz CT molecular complexity index is 629. The van der Waals surface area contributed by atoms with Crippen molar-refractivity contribution in [3.63, 3.8) is 0 Å². The third-order valence-corrected chi connectivity index (χ3v) is 6.03. The van der Waals surface area contributed by atoms with E-state index in [1.54, 1.807) is 24.3 Å². The number of benzene rings is 1. The minimum Gasteiger partial charge on any atom is -0.339 e. The molecule has 0 heterocycles. The molecule has 0 unspecified atom stereocenters. The fourth-order valence-electron chi connectivity index (χ4n) is 4.20. The summed E-state index contributed by atoms with van der Waals surface area (Å²) in [6, 6.07) is 7.53. The van der Waals surface area contributed by atoms with Gasteiger partial charge < -0.3 is 16.0 Å². The van der Waals surface area contributed by atoms with Gasteiger partial charge in [0.2, 0.25) is 5.91 Å². The zero-order valence-corrected chi connectivity index (χ0v) is 15.8. The van der Waals surface area contributed by atoms with E-state index in [9.17, 15) is 9.59 Å². The molecule has 0 aromatic heterocycles. The molecular formula is C21H31N3O2. The monoisotopic (exact) mass is 357 g/mol. The Morgan fingerprint density at radius 2 is 1.58 bits per heavy atom. The van der Waals surface area contributed by atoms with E-state index in [0.29, 0.717) is 17.3 Å². The van der Waals surface area contributed by atoms with Gasteiger partial charge in [-0.25, -0.2) is 0 Å². The number of rotatable bonds is 4. The Morgan fingerprint density at radius 1 is 1.00 bits per heavy atom. The third kappa shape index (κ3) is 4.26. The molecule has 0 radical (unpaired) electrons. The molecule has 2 aliphatic rings. The number of hydrogen-bond acceptors (Lipinski definition) is 3. The largest absolute Gasteiger partial charge is 0.339 e. The van der Waals surface area contributed by atoms with Crippen LogP contribution in [-0.2, 0) is 4.79 Å². The summed E-state index contributed by atoms with van der Waals surface area (Å²) in [7, 11) is 1.90. The molecular weight excluding hydrogens is 326 g/mol. The zero-order valence-electron chi connectivity index (χ0n) is 15.8. The molecule has 2 fully saturated rings. The van der Waals surface area contributed by atoms with E-state index in [4.69, 9.17) is 5.73 Å². The third-order valence-electron chi connectivity index (χ3n) is 6.03. The first-order chi connectivity index (χ1) is 12.5. The second-order valence-electron chi connectivity index (χ2n) is 7.96. The number of hydrogen-bond donors (Lipinski definition) is 2. The van der Waals surface area contributed by atoms with E-state index < -0.39 is 5.54 Å².